The minimum Gasteiger partial charge on any atom is -0.493 e. The summed E-state index contributed by atoms with van der Waals surface area (Å²) in [7, 11) is 3.47. The van der Waals surface area contributed by atoms with E-state index in [-0.39, 0.29) is 30.1 Å². The fourth-order valence-electron chi connectivity index (χ4n) is 4.35. The van der Waals surface area contributed by atoms with Crippen LogP contribution in [0.1, 0.15) is 51.0 Å². The van der Waals surface area contributed by atoms with Crippen LogP contribution in [0.5, 0.6) is 11.5 Å². The van der Waals surface area contributed by atoms with Gasteiger partial charge in [0.25, 0.3) is 0 Å². The molecule has 1 aliphatic heterocycles. The van der Waals surface area contributed by atoms with Gasteiger partial charge >= 0.3 is 0 Å². The van der Waals surface area contributed by atoms with Gasteiger partial charge < -0.3 is 29.7 Å². The fraction of sp³-hybridized carbons (Fsp3) is 0.708. The van der Waals surface area contributed by atoms with Gasteiger partial charge in [-0.3, -0.25) is 0 Å². The molecule has 0 radical (unpaired) electrons. The largest absolute Gasteiger partial charge is 0.493 e. The first-order chi connectivity index (χ1) is 15.2. The zero-order valence-corrected chi connectivity index (χ0v) is 22.2. The second-order valence-electron chi connectivity index (χ2n) is 8.42. The van der Waals surface area contributed by atoms with Gasteiger partial charge in [-0.25, -0.2) is 4.99 Å². The van der Waals surface area contributed by atoms with E-state index in [2.05, 4.69) is 28.5 Å². The van der Waals surface area contributed by atoms with Crippen LogP contribution in [0.3, 0.4) is 0 Å². The second kappa shape index (κ2) is 14.8. The zero-order chi connectivity index (χ0) is 21.9. The smallest absolute Gasteiger partial charge is 0.191 e. The van der Waals surface area contributed by atoms with Crippen molar-refractivity contribution in [1.29, 1.82) is 0 Å². The molecule has 8 heteroatoms. The van der Waals surface area contributed by atoms with Gasteiger partial charge in [-0.15, -0.1) is 24.0 Å². The molecule has 182 valence electrons. The van der Waals surface area contributed by atoms with Crippen LogP contribution in [0, 0.1) is 0 Å². The highest BCUT2D eigenvalue weighted by Gasteiger charge is 2.22. The molecule has 1 saturated carbocycles. The molecule has 0 spiro atoms. The Labute approximate surface area is 210 Å². The minimum absolute atomic E-state index is 0. The van der Waals surface area contributed by atoms with Crippen molar-refractivity contribution in [3.05, 3.63) is 23.8 Å². The molecule has 7 nitrogen and oxygen atoms in total. The summed E-state index contributed by atoms with van der Waals surface area (Å²) < 4.78 is 17.2. The van der Waals surface area contributed by atoms with Gasteiger partial charge in [0, 0.05) is 44.9 Å². The molecule has 3 rings (SSSR count). The highest BCUT2D eigenvalue weighted by Crippen LogP contribution is 2.35. The summed E-state index contributed by atoms with van der Waals surface area (Å²) >= 11 is 0. The summed E-state index contributed by atoms with van der Waals surface area (Å²) in [5.41, 5.74) is 1.07. The monoisotopic (exact) mass is 560 g/mol. The predicted octanol–water partition coefficient (Wildman–Crippen LogP) is 3.80. The maximum Gasteiger partial charge on any atom is 0.191 e. The molecule has 1 aromatic rings. The van der Waals surface area contributed by atoms with Crippen molar-refractivity contribution < 1.29 is 14.2 Å². The zero-order valence-electron chi connectivity index (χ0n) is 19.9. The first kappa shape index (κ1) is 27.0. The number of nitrogens with zero attached hydrogens (tertiary/aromatic N) is 2. The third kappa shape index (κ3) is 8.26. The number of guanidine groups is 1. The number of para-hydroxylation sites is 1. The number of hydrogen-bond donors (Lipinski definition) is 2. The maximum absolute atomic E-state index is 6.36. The van der Waals surface area contributed by atoms with Crippen LogP contribution < -0.4 is 20.1 Å². The summed E-state index contributed by atoms with van der Waals surface area (Å²) in [5, 5.41) is 7.03. The molecule has 1 aliphatic carbocycles. The standard InChI is InChI=1S/C24H40N4O3.HI/c1-4-25-24(27-20-12-14-28(15-13-20)16-17-29-2)26-18-19-8-7-11-22(30-3)23(19)31-21-9-5-6-10-21;/h7-8,11,20-21H,4-6,9-10,12-18H2,1-3H3,(H2,25,26,27);1H. The van der Waals surface area contributed by atoms with Crippen LogP contribution in [0.2, 0.25) is 0 Å². The van der Waals surface area contributed by atoms with E-state index in [9.17, 15) is 0 Å². The molecular weight excluding hydrogens is 519 g/mol. The Bertz CT molecular complexity index is 690. The average Bonchev–Trinajstić information content (AvgIpc) is 3.31. The highest BCUT2D eigenvalue weighted by atomic mass is 127. The molecule has 2 N–H and O–H groups in total. The Morgan fingerprint density at radius 1 is 1.12 bits per heavy atom. The van der Waals surface area contributed by atoms with Crippen molar-refractivity contribution >= 4 is 29.9 Å². The van der Waals surface area contributed by atoms with Crippen LogP contribution in [0.4, 0.5) is 0 Å². The molecule has 0 aromatic heterocycles. The SMILES string of the molecule is CCNC(=NCc1cccc(OC)c1OC1CCCC1)NC1CCN(CCOC)CC1.I. The summed E-state index contributed by atoms with van der Waals surface area (Å²) in [4.78, 5) is 7.35. The molecule has 1 saturated heterocycles. The van der Waals surface area contributed by atoms with E-state index < -0.39 is 0 Å². The van der Waals surface area contributed by atoms with Gasteiger partial charge in [0.1, 0.15) is 0 Å². The lowest BCUT2D eigenvalue weighted by Crippen LogP contribution is -2.49. The van der Waals surface area contributed by atoms with Crippen LogP contribution in [-0.4, -0.2) is 70.0 Å². The lowest BCUT2D eigenvalue weighted by Gasteiger charge is -2.32. The van der Waals surface area contributed by atoms with Crippen molar-refractivity contribution in [2.75, 3.05) is 47.0 Å². The summed E-state index contributed by atoms with van der Waals surface area (Å²) in [6, 6.07) is 6.52. The lowest BCUT2D eigenvalue weighted by molar-refractivity contribution is 0.128. The number of nitrogens with one attached hydrogen (secondary N) is 2. The van der Waals surface area contributed by atoms with Gasteiger partial charge in [0.05, 0.1) is 26.4 Å². The van der Waals surface area contributed by atoms with Gasteiger partial charge in [-0.1, -0.05) is 12.1 Å². The Hall–Kier alpha value is -1.26. The predicted molar refractivity (Wildman–Crippen MR) is 141 cm³/mol. The van der Waals surface area contributed by atoms with Crippen molar-refractivity contribution in [2.24, 2.45) is 4.99 Å². The number of ether oxygens (including phenoxy) is 3. The number of piperidine rings is 1. The molecule has 0 amide bonds. The topological polar surface area (TPSA) is 67.4 Å². The third-order valence-corrected chi connectivity index (χ3v) is 6.16. The minimum atomic E-state index is 0. The van der Waals surface area contributed by atoms with Gasteiger partial charge in [-0.05, 0) is 51.5 Å². The van der Waals surface area contributed by atoms with E-state index in [0.29, 0.717) is 12.6 Å². The van der Waals surface area contributed by atoms with Crippen LogP contribution >= 0.6 is 24.0 Å². The Morgan fingerprint density at radius 2 is 1.88 bits per heavy atom. The molecule has 1 heterocycles. The molecule has 2 fully saturated rings. The second-order valence-corrected chi connectivity index (χ2v) is 8.42. The van der Waals surface area contributed by atoms with E-state index >= 15 is 0 Å². The fourth-order valence-corrected chi connectivity index (χ4v) is 4.35. The van der Waals surface area contributed by atoms with E-state index in [1.54, 1.807) is 14.2 Å². The summed E-state index contributed by atoms with van der Waals surface area (Å²) in [6.07, 6.45) is 7.24. The third-order valence-electron chi connectivity index (χ3n) is 6.16. The van der Waals surface area contributed by atoms with E-state index in [1.807, 2.05) is 12.1 Å². The molecule has 1 aromatic carbocycles. The summed E-state index contributed by atoms with van der Waals surface area (Å²) in [6.45, 7) is 7.49. The Balaban J connectivity index is 0.00000363. The summed E-state index contributed by atoms with van der Waals surface area (Å²) in [5.74, 6) is 2.51. The number of aliphatic imine (C=N–C) groups is 1. The number of hydrogen-bond acceptors (Lipinski definition) is 5. The number of rotatable bonds is 10. The van der Waals surface area contributed by atoms with Gasteiger partial charge in [0.15, 0.2) is 17.5 Å². The van der Waals surface area contributed by atoms with Crippen LogP contribution in [0.15, 0.2) is 23.2 Å². The van der Waals surface area contributed by atoms with Gasteiger partial charge in [-0.2, -0.15) is 0 Å². The first-order valence-corrected chi connectivity index (χ1v) is 11.8. The molecular formula is C24H41IN4O3. The Morgan fingerprint density at radius 3 is 2.53 bits per heavy atom. The van der Waals surface area contributed by atoms with Crippen molar-refractivity contribution in [1.82, 2.24) is 15.5 Å². The number of benzene rings is 1. The van der Waals surface area contributed by atoms with Gasteiger partial charge in [0.2, 0.25) is 0 Å². The molecule has 2 aliphatic rings. The van der Waals surface area contributed by atoms with Crippen LogP contribution in [-0.2, 0) is 11.3 Å². The van der Waals surface area contributed by atoms with Crippen LogP contribution in [0.25, 0.3) is 0 Å². The van der Waals surface area contributed by atoms with Crippen molar-refractivity contribution in [3.63, 3.8) is 0 Å². The Kier molecular flexibility index (Phi) is 12.5. The number of methoxy groups -OCH3 is 2. The normalized spacial score (nSPS) is 18.3. The van der Waals surface area contributed by atoms with Crippen molar-refractivity contribution in [3.8, 4) is 11.5 Å². The highest BCUT2D eigenvalue weighted by molar-refractivity contribution is 14.0. The van der Waals surface area contributed by atoms with E-state index in [0.717, 1.165) is 81.5 Å². The molecule has 32 heavy (non-hydrogen) atoms. The number of halogens is 1. The average molecular weight is 561 g/mol. The van der Waals surface area contributed by atoms with E-state index in [1.165, 1.54) is 12.8 Å². The molecule has 0 atom stereocenters. The molecule has 0 bridgehead atoms. The van der Waals surface area contributed by atoms with E-state index in [4.69, 9.17) is 19.2 Å². The maximum atomic E-state index is 6.36. The molecule has 0 unspecified atom stereocenters. The van der Waals surface area contributed by atoms with Crippen molar-refractivity contribution in [2.45, 2.75) is 64.1 Å². The first-order valence-electron chi connectivity index (χ1n) is 11.8. The quantitative estimate of drug-likeness (QED) is 0.258. The lowest BCUT2D eigenvalue weighted by atomic mass is 10.1. The number of likely N-dealkylation sites (tertiary alicyclic amines) is 1.